The predicted molar refractivity (Wildman–Crippen MR) is 169 cm³/mol. The molecule has 1 atom stereocenters. The Morgan fingerprint density at radius 2 is 1.52 bits per heavy atom. The number of hydrogen-bond acceptors (Lipinski definition) is 4. The van der Waals surface area contributed by atoms with E-state index in [0.29, 0.717) is 28.9 Å². The number of nitrogens with one attached hydrogen (secondary N) is 1. The van der Waals surface area contributed by atoms with Crippen LogP contribution in [0.1, 0.15) is 123 Å². The maximum Gasteiger partial charge on any atom is 0.329 e. The zero-order valence-electron chi connectivity index (χ0n) is 27.0. The molecule has 0 radical (unpaired) electrons. The molecule has 1 aliphatic rings. The van der Waals surface area contributed by atoms with Crippen molar-refractivity contribution in [3.8, 4) is 0 Å². The topological polar surface area (TPSA) is 76.3 Å². The van der Waals surface area contributed by atoms with Crippen molar-refractivity contribution in [1.82, 2.24) is 19.4 Å². The van der Waals surface area contributed by atoms with E-state index in [-0.39, 0.29) is 17.4 Å². The number of fused-ring (bicyclic) bond motifs is 1. The molecule has 228 valence electrons. The molecule has 3 rings (SSSR count). The van der Waals surface area contributed by atoms with Gasteiger partial charge in [0, 0.05) is 26.2 Å². The number of aromatic nitrogens is 2. The van der Waals surface area contributed by atoms with Gasteiger partial charge in [-0.25, -0.2) is 4.79 Å². The van der Waals surface area contributed by atoms with Crippen LogP contribution < -0.4 is 11.0 Å². The summed E-state index contributed by atoms with van der Waals surface area (Å²) >= 11 is 0. The number of aryl methyl sites for hydroxylation is 1. The van der Waals surface area contributed by atoms with E-state index in [2.05, 4.69) is 37.9 Å². The third-order valence-corrected chi connectivity index (χ3v) is 7.73. The second-order valence-corrected chi connectivity index (χ2v) is 11.4. The SMILES string of the molecule is CC.CCCC(CCC)CN1CCCCC1.CNC(=O)C(CCC(C)C)n1c(=O)n(C)c2cc(C(C)=O)ccc21. The third-order valence-electron chi connectivity index (χ3n) is 7.73. The number of piperidine rings is 1. The largest absolute Gasteiger partial charge is 0.357 e. The molecular weight excluding hydrogens is 500 g/mol. The molecule has 0 spiro atoms. The summed E-state index contributed by atoms with van der Waals surface area (Å²) in [6.45, 7) is 18.4. The van der Waals surface area contributed by atoms with Crippen molar-refractivity contribution >= 4 is 22.7 Å². The summed E-state index contributed by atoms with van der Waals surface area (Å²) in [7, 11) is 3.24. The van der Waals surface area contributed by atoms with Crippen LogP contribution in [-0.2, 0) is 11.8 Å². The van der Waals surface area contributed by atoms with Crippen LogP contribution in [-0.4, -0.2) is 52.4 Å². The smallest absolute Gasteiger partial charge is 0.329 e. The quantitative estimate of drug-likeness (QED) is 0.285. The Balaban J connectivity index is 0.000000425. The van der Waals surface area contributed by atoms with Crippen LogP contribution in [0.25, 0.3) is 11.0 Å². The zero-order chi connectivity index (χ0) is 30.2. The number of carbonyl (C=O) groups is 2. The zero-order valence-corrected chi connectivity index (χ0v) is 27.0. The van der Waals surface area contributed by atoms with Crippen LogP contribution in [0.3, 0.4) is 0 Å². The van der Waals surface area contributed by atoms with Gasteiger partial charge in [0.25, 0.3) is 0 Å². The normalized spacial score (nSPS) is 14.4. The van der Waals surface area contributed by atoms with Crippen LogP contribution in [0.4, 0.5) is 0 Å². The molecule has 1 unspecified atom stereocenters. The van der Waals surface area contributed by atoms with Crippen LogP contribution >= 0.6 is 0 Å². The van der Waals surface area contributed by atoms with Gasteiger partial charge in [0.05, 0.1) is 11.0 Å². The molecular formula is C33H58N4O3. The number of carbonyl (C=O) groups excluding carboxylic acids is 2. The molecule has 2 heterocycles. The highest BCUT2D eigenvalue weighted by molar-refractivity contribution is 5.97. The molecule has 7 heteroatoms. The average Bonchev–Trinajstić information content (AvgIpc) is 3.20. The minimum atomic E-state index is -0.559. The van der Waals surface area contributed by atoms with Crippen LogP contribution in [0.2, 0.25) is 0 Å². The molecule has 1 aromatic heterocycles. The first-order valence-corrected chi connectivity index (χ1v) is 15.8. The Morgan fingerprint density at radius 1 is 0.925 bits per heavy atom. The van der Waals surface area contributed by atoms with E-state index < -0.39 is 6.04 Å². The van der Waals surface area contributed by atoms with Gasteiger partial charge in [-0.1, -0.05) is 60.8 Å². The van der Waals surface area contributed by atoms with Gasteiger partial charge in [-0.05, 0) is 88.6 Å². The molecule has 1 N–H and O–H groups in total. The molecule has 40 heavy (non-hydrogen) atoms. The Bertz CT molecular complexity index is 1070. The summed E-state index contributed by atoms with van der Waals surface area (Å²) in [5.74, 6) is 1.18. The van der Waals surface area contributed by atoms with E-state index in [9.17, 15) is 14.4 Å². The molecule has 1 saturated heterocycles. The Labute approximate surface area is 243 Å². The number of likely N-dealkylation sites (tertiary alicyclic amines) is 1. The second kappa shape index (κ2) is 18.8. The standard InChI is InChI=1S/C18H25N3O3.C13H27N.C2H6/c1-11(2)6-8-15(17(23)19-4)21-14-9-7-13(12(3)22)10-16(14)20(5)18(21)24;1-3-8-13(9-4-2)12-14-10-6-5-7-11-14;1-2/h7,9-11,15H,6,8H2,1-5H3,(H,19,23);13H,3-12H2,1-2H3;1-2H3. The number of hydrogen-bond donors (Lipinski definition) is 1. The maximum absolute atomic E-state index is 12.7. The highest BCUT2D eigenvalue weighted by Crippen LogP contribution is 2.23. The maximum atomic E-state index is 12.7. The second-order valence-electron chi connectivity index (χ2n) is 11.4. The van der Waals surface area contributed by atoms with Crippen molar-refractivity contribution in [2.24, 2.45) is 18.9 Å². The van der Waals surface area contributed by atoms with Crippen molar-refractivity contribution < 1.29 is 9.59 Å². The first-order valence-electron chi connectivity index (χ1n) is 15.8. The Morgan fingerprint density at radius 3 is 2.02 bits per heavy atom. The summed E-state index contributed by atoms with van der Waals surface area (Å²) in [4.78, 5) is 39.4. The van der Waals surface area contributed by atoms with Gasteiger partial charge in [0.1, 0.15) is 6.04 Å². The summed E-state index contributed by atoms with van der Waals surface area (Å²) in [6, 6.07) is 4.60. The van der Waals surface area contributed by atoms with Crippen LogP contribution in [0, 0.1) is 11.8 Å². The number of ketones is 1. The number of imidazole rings is 1. The lowest BCUT2D eigenvalue weighted by Gasteiger charge is -2.30. The first kappa shape index (κ1) is 35.6. The molecule has 1 amide bonds. The Kier molecular flexibility index (Phi) is 16.8. The molecule has 2 aromatic rings. The van der Waals surface area contributed by atoms with Crippen molar-refractivity contribution in [1.29, 1.82) is 0 Å². The fourth-order valence-electron chi connectivity index (χ4n) is 5.57. The highest BCUT2D eigenvalue weighted by Gasteiger charge is 2.25. The molecule has 0 aliphatic carbocycles. The van der Waals surface area contributed by atoms with E-state index in [1.165, 1.54) is 76.1 Å². The first-order chi connectivity index (χ1) is 19.1. The lowest BCUT2D eigenvalue weighted by atomic mass is 9.97. The van der Waals surface area contributed by atoms with E-state index in [1.807, 2.05) is 13.8 Å². The van der Waals surface area contributed by atoms with E-state index in [0.717, 1.165) is 12.3 Å². The van der Waals surface area contributed by atoms with Gasteiger partial charge < -0.3 is 10.2 Å². The number of likely N-dealkylation sites (N-methyl/N-ethyl adjacent to an activating group) is 1. The van der Waals surface area contributed by atoms with Gasteiger partial charge in [0.2, 0.25) is 5.91 Å². The predicted octanol–water partition coefficient (Wildman–Crippen LogP) is 6.98. The minimum absolute atomic E-state index is 0.0558. The van der Waals surface area contributed by atoms with Crippen molar-refractivity contribution in [2.75, 3.05) is 26.7 Å². The highest BCUT2D eigenvalue weighted by atomic mass is 16.2. The molecule has 0 bridgehead atoms. The lowest BCUT2D eigenvalue weighted by Crippen LogP contribution is -2.36. The number of Topliss-reactive ketones (excluding diaryl/α,β-unsaturated/α-hetero) is 1. The number of benzene rings is 1. The van der Waals surface area contributed by atoms with Gasteiger partial charge in [-0.15, -0.1) is 0 Å². The summed E-state index contributed by atoms with van der Waals surface area (Å²) in [5.41, 5.74) is 1.63. The minimum Gasteiger partial charge on any atom is -0.357 e. The average molecular weight is 559 g/mol. The number of amides is 1. The van der Waals surface area contributed by atoms with Crippen LogP contribution in [0.5, 0.6) is 0 Å². The summed E-state index contributed by atoms with van der Waals surface area (Å²) in [6.07, 6.45) is 11.3. The van der Waals surface area contributed by atoms with Gasteiger partial charge >= 0.3 is 5.69 Å². The van der Waals surface area contributed by atoms with Crippen LogP contribution in [0.15, 0.2) is 23.0 Å². The Hall–Kier alpha value is -2.41. The van der Waals surface area contributed by atoms with E-state index >= 15 is 0 Å². The van der Waals surface area contributed by atoms with E-state index in [4.69, 9.17) is 0 Å². The van der Waals surface area contributed by atoms with E-state index in [1.54, 1.807) is 36.9 Å². The van der Waals surface area contributed by atoms with Gasteiger partial charge in [-0.2, -0.15) is 0 Å². The number of rotatable bonds is 12. The monoisotopic (exact) mass is 558 g/mol. The fraction of sp³-hybridized carbons (Fsp3) is 0.727. The fourth-order valence-corrected chi connectivity index (χ4v) is 5.57. The third kappa shape index (κ3) is 10.5. The summed E-state index contributed by atoms with van der Waals surface area (Å²) < 4.78 is 3.04. The van der Waals surface area contributed by atoms with Gasteiger partial charge in [0.15, 0.2) is 5.78 Å². The van der Waals surface area contributed by atoms with Crippen molar-refractivity contribution in [2.45, 2.75) is 112 Å². The summed E-state index contributed by atoms with van der Waals surface area (Å²) in [5, 5.41) is 2.66. The van der Waals surface area contributed by atoms with Crippen molar-refractivity contribution in [3.05, 3.63) is 34.2 Å². The molecule has 0 saturated carbocycles. The molecule has 1 aromatic carbocycles. The molecule has 1 aliphatic heterocycles. The number of nitrogens with zero attached hydrogens (tertiary/aromatic N) is 3. The molecule has 7 nitrogen and oxygen atoms in total. The van der Waals surface area contributed by atoms with Gasteiger partial charge in [-0.3, -0.25) is 18.7 Å². The van der Waals surface area contributed by atoms with Crippen molar-refractivity contribution in [3.63, 3.8) is 0 Å². The molecule has 1 fully saturated rings. The lowest BCUT2D eigenvalue weighted by molar-refractivity contribution is -0.124.